The molecule has 1 saturated heterocycles. The Labute approximate surface area is 190 Å². The van der Waals surface area contributed by atoms with Gasteiger partial charge in [-0.1, -0.05) is 63.2 Å². The molecule has 6 heteroatoms. The van der Waals surface area contributed by atoms with E-state index in [1.54, 1.807) is 0 Å². The van der Waals surface area contributed by atoms with Gasteiger partial charge in [0.25, 0.3) is 0 Å². The standard InChI is InChI=1S/C26H35N5O/c1-24(2)20-10-9-18(17-21(20)25(3,4)26(24,27)28)11-12-30-13-15-31(16-14-30)23-19-7-5-6-8-22(19)32-29-23/h5-10,17H,11-16,27-28H2,1-4H3. The number of nitrogens with two attached hydrogens (primary N) is 2. The van der Waals surface area contributed by atoms with Gasteiger partial charge in [0, 0.05) is 43.6 Å². The second-order valence-electron chi connectivity index (χ2n) is 10.6. The van der Waals surface area contributed by atoms with E-state index >= 15 is 0 Å². The fourth-order valence-electron chi connectivity index (χ4n) is 5.61. The first-order valence-corrected chi connectivity index (χ1v) is 11.7. The minimum Gasteiger partial charge on any atom is -0.354 e. The number of para-hydroxylation sites is 1. The van der Waals surface area contributed by atoms with Crippen LogP contribution in [0.3, 0.4) is 0 Å². The number of benzene rings is 2. The Hall–Kier alpha value is -2.41. The summed E-state index contributed by atoms with van der Waals surface area (Å²) in [5.74, 6) is 0.968. The highest BCUT2D eigenvalue weighted by Gasteiger charge is 2.58. The Morgan fingerprint density at radius 1 is 0.906 bits per heavy atom. The maximum Gasteiger partial charge on any atom is 0.180 e. The molecule has 1 fully saturated rings. The van der Waals surface area contributed by atoms with E-state index in [1.165, 1.54) is 16.7 Å². The predicted octanol–water partition coefficient (Wildman–Crippen LogP) is 3.38. The van der Waals surface area contributed by atoms with Gasteiger partial charge in [-0.25, -0.2) is 0 Å². The molecule has 4 N–H and O–H groups in total. The molecule has 1 aliphatic carbocycles. The third-order valence-corrected chi connectivity index (χ3v) is 8.25. The molecule has 0 atom stereocenters. The number of hydrogen-bond donors (Lipinski definition) is 2. The van der Waals surface area contributed by atoms with Gasteiger partial charge in [-0.2, -0.15) is 0 Å². The van der Waals surface area contributed by atoms with Crippen LogP contribution in [0.2, 0.25) is 0 Å². The second kappa shape index (κ2) is 7.30. The quantitative estimate of drug-likeness (QED) is 0.614. The van der Waals surface area contributed by atoms with Crippen molar-refractivity contribution in [3.63, 3.8) is 0 Å². The van der Waals surface area contributed by atoms with E-state index < -0.39 is 5.66 Å². The summed E-state index contributed by atoms with van der Waals surface area (Å²) in [4.78, 5) is 4.88. The van der Waals surface area contributed by atoms with Gasteiger partial charge in [-0.05, 0) is 35.2 Å². The lowest BCUT2D eigenvalue weighted by Gasteiger charge is -2.43. The SMILES string of the molecule is CC1(C)c2ccc(CCN3CCN(c4noc5ccccc45)CC3)cc2C(C)(C)C1(N)N. The zero-order valence-corrected chi connectivity index (χ0v) is 19.7. The summed E-state index contributed by atoms with van der Waals surface area (Å²) in [7, 11) is 0. The van der Waals surface area contributed by atoms with Gasteiger partial charge in [0.2, 0.25) is 0 Å². The number of rotatable bonds is 4. The van der Waals surface area contributed by atoms with Crippen molar-refractivity contribution in [3.8, 4) is 0 Å². The van der Waals surface area contributed by atoms with E-state index in [0.717, 1.165) is 55.9 Å². The Bertz CT molecular complexity index is 1140. The molecule has 2 aliphatic rings. The molecular formula is C26H35N5O. The summed E-state index contributed by atoms with van der Waals surface area (Å²) in [6, 6.07) is 14.9. The van der Waals surface area contributed by atoms with Crippen molar-refractivity contribution in [1.82, 2.24) is 10.1 Å². The van der Waals surface area contributed by atoms with E-state index in [2.05, 4.69) is 66.9 Å². The summed E-state index contributed by atoms with van der Waals surface area (Å²) < 4.78 is 5.49. The monoisotopic (exact) mass is 433 g/mol. The van der Waals surface area contributed by atoms with E-state index in [9.17, 15) is 0 Å². The average molecular weight is 434 g/mol. The van der Waals surface area contributed by atoms with Crippen LogP contribution in [0, 0.1) is 0 Å². The summed E-state index contributed by atoms with van der Waals surface area (Å²) in [5, 5.41) is 5.42. The maximum absolute atomic E-state index is 6.67. The van der Waals surface area contributed by atoms with Crippen LogP contribution in [-0.2, 0) is 17.3 Å². The van der Waals surface area contributed by atoms with Gasteiger partial charge in [0.05, 0.1) is 11.0 Å². The van der Waals surface area contributed by atoms with E-state index in [0.29, 0.717) is 0 Å². The highest BCUT2D eigenvalue weighted by Crippen LogP contribution is 2.52. The zero-order valence-electron chi connectivity index (χ0n) is 19.7. The van der Waals surface area contributed by atoms with E-state index in [-0.39, 0.29) is 10.8 Å². The highest BCUT2D eigenvalue weighted by molar-refractivity contribution is 5.88. The topological polar surface area (TPSA) is 84.5 Å². The lowest BCUT2D eigenvalue weighted by atomic mass is 9.70. The molecule has 0 radical (unpaired) electrons. The summed E-state index contributed by atoms with van der Waals surface area (Å²) >= 11 is 0. The van der Waals surface area contributed by atoms with Crippen molar-refractivity contribution in [2.24, 2.45) is 11.5 Å². The number of anilines is 1. The maximum atomic E-state index is 6.67. The normalized spacial score (nSPS) is 21.8. The fraction of sp³-hybridized carbons (Fsp3) is 0.500. The number of hydrogen-bond acceptors (Lipinski definition) is 6. The lowest BCUT2D eigenvalue weighted by Crippen LogP contribution is -2.68. The molecular weight excluding hydrogens is 398 g/mol. The van der Waals surface area contributed by atoms with Crippen LogP contribution in [-0.4, -0.2) is 48.4 Å². The Kier molecular flexibility index (Phi) is 4.89. The Morgan fingerprint density at radius 3 is 2.34 bits per heavy atom. The number of aromatic nitrogens is 1. The molecule has 6 nitrogen and oxygen atoms in total. The summed E-state index contributed by atoms with van der Waals surface area (Å²) in [5.41, 5.74) is 16.8. The van der Waals surface area contributed by atoms with E-state index in [1.807, 2.05) is 18.2 Å². The molecule has 3 aromatic rings. The molecule has 1 aromatic heterocycles. The highest BCUT2D eigenvalue weighted by atomic mass is 16.5. The minimum atomic E-state index is -0.775. The van der Waals surface area contributed by atoms with Crippen LogP contribution in [0.5, 0.6) is 0 Å². The third kappa shape index (κ3) is 3.08. The molecule has 170 valence electrons. The van der Waals surface area contributed by atoms with Crippen LogP contribution in [0.15, 0.2) is 47.0 Å². The largest absolute Gasteiger partial charge is 0.354 e. The van der Waals surface area contributed by atoms with Crippen molar-refractivity contribution in [3.05, 3.63) is 59.2 Å². The molecule has 0 bridgehead atoms. The molecule has 0 saturated carbocycles. The van der Waals surface area contributed by atoms with Crippen molar-refractivity contribution in [2.75, 3.05) is 37.6 Å². The first-order chi connectivity index (χ1) is 15.1. The zero-order chi connectivity index (χ0) is 22.7. The van der Waals surface area contributed by atoms with Crippen LogP contribution >= 0.6 is 0 Å². The number of piperazine rings is 1. The molecule has 32 heavy (non-hydrogen) atoms. The summed E-state index contributed by atoms with van der Waals surface area (Å²) in [6.07, 6.45) is 1.03. The summed E-state index contributed by atoms with van der Waals surface area (Å²) in [6.45, 7) is 13.7. The van der Waals surface area contributed by atoms with Gasteiger partial charge in [0.15, 0.2) is 11.4 Å². The van der Waals surface area contributed by atoms with Crippen molar-refractivity contribution in [1.29, 1.82) is 0 Å². The molecule has 5 rings (SSSR count). The predicted molar refractivity (Wildman–Crippen MR) is 130 cm³/mol. The average Bonchev–Trinajstić information content (AvgIpc) is 3.25. The molecule has 0 amide bonds. The number of fused-ring (bicyclic) bond motifs is 2. The van der Waals surface area contributed by atoms with E-state index in [4.69, 9.17) is 16.0 Å². The van der Waals surface area contributed by atoms with Gasteiger partial charge < -0.3 is 20.9 Å². The Morgan fingerprint density at radius 2 is 1.59 bits per heavy atom. The Balaban J connectivity index is 1.24. The molecule has 1 aliphatic heterocycles. The fourth-order valence-corrected chi connectivity index (χ4v) is 5.61. The van der Waals surface area contributed by atoms with Crippen molar-refractivity contribution in [2.45, 2.75) is 50.6 Å². The van der Waals surface area contributed by atoms with Gasteiger partial charge in [-0.3, -0.25) is 4.90 Å². The van der Waals surface area contributed by atoms with Crippen LogP contribution < -0.4 is 16.4 Å². The minimum absolute atomic E-state index is 0.258. The van der Waals surface area contributed by atoms with Gasteiger partial charge in [0.1, 0.15) is 0 Å². The van der Waals surface area contributed by atoms with Crippen LogP contribution in [0.4, 0.5) is 5.82 Å². The van der Waals surface area contributed by atoms with Crippen LogP contribution in [0.25, 0.3) is 11.0 Å². The first-order valence-electron chi connectivity index (χ1n) is 11.7. The van der Waals surface area contributed by atoms with Crippen molar-refractivity contribution >= 4 is 16.8 Å². The molecule has 0 spiro atoms. The molecule has 2 heterocycles. The van der Waals surface area contributed by atoms with Gasteiger partial charge >= 0.3 is 0 Å². The number of nitrogens with zero attached hydrogens (tertiary/aromatic N) is 3. The lowest BCUT2D eigenvalue weighted by molar-refractivity contribution is 0.190. The van der Waals surface area contributed by atoms with Crippen molar-refractivity contribution < 1.29 is 4.52 Å². The smallest absolute Gasteiger partial charge is 0.180 e. The van der Waals surface area contributed by atoms with Gasteiger partial charge in [-0.15, -0.1) is 0 Å². The van der Waals surface area contributed by atoms with Crippen LogP contribution in [0.1, 0.15) is 44.4 Å². The second-order valence-corrected chi connectivity index (χ2v) is 10.6. The third-order valence-electron chi connectivity index (χ3n) is 8.25. The molecule has 0 unspecified atom stereocenters. The first kappa shape index (κ1) is 21.4. The molecule has 2 aromatic carbocycles.